The molecule has 5 heteroatoms. The van der Waals surface area contributed by atoms with E-state index in [2.05, 4.69) is 11.1 Å². The van der Waals surface area contributed by atoms with Crippen LogP contribution < -0.4 is 4.74 Å². The second kappa shape index (κ2) is 8.80. The van der Waals surface area contributed by atoms with Gasteiger partial charge in [-0.05, 0) is 54.7 Å². The van der Waals surface area contributed by atoms with Crippen LogP contribution in [0.2, 0.25) is 0 Å². The Morgan fingerprint density at radius 2 is 1.97 bits per heavy atom. The normalized spacial score (nSPS) is 14.5. The molecule has 160 valence electrons. The number of carbonyl (C=O) groups excluding carboxylic acids is 1. The number of allylic oxidation sites excluding steroid dienone is 1. The number of nitrogens with zero attached hydrogens (tertiary/aromatic N) is 1. The van der Waals surface area contributed by atoms with Crippen molar-refractivity contribution < 1.29 is 19.4 Å². The minimum atomic E-state index is -0.952. The second-order valence-corrected chi connectivity index (χ2v) is 8.10. The highest BCUT2D eigenvalue weighted by Crippen LogP contribution is 2.45. The molecule has 0 aliphatic heterocycles. The van der Waals surface area contributed by atoms with Crippen LogP contribution in [-0.2, 0) is 6.54 Å². The van der Waals surface area contributed by atoms with E-state index in [-0.39, 0.29) is 5.56 Å². The molecule has 1 aliphatic rings. The van der Waals surface area contributed by atoms with Gasteiger partial charge < -0.3 is 14.4 Å². The Hall–Kier alpha value is -3.34. The van der Waals surface area contributed by atoms with Crippen molar-refractivity contribution in [2.45, 2.75) is 44.6 Å². The largest absolute Gasteiger partial charge is 0.497 e. The van der Waals surface area contributed by atoms with E-state index in [1.165, 1.54) is 24.8 Å². The van der Waals surface area contributed by atoms with E-state index < -0.39 is 5.97 Å². The molecule has 31 heavy (non-hydrogen) atoms. The lowest BCUT2D eigenvalue weighted by atomic mass is 9.81. The number of aromatic nitrogens is 1. The van der Waals surface area contributed by atoms with Crippen LogP contribution in [0.3, 0.4) is 0 Å². The molecular weight excluding hydrogens is 390 g/mol. The van der Waals surface area contributed by atoms with Gasteiger partial charge in [0.25, 0.3) is 0 Å². The Morgan fingerprint density at radius 3 is 2.61 bits per heavy atom. The molecule has 0 radical (unpaired) electrons. The number of carboxylic acid groups (broad SMARTS) is 1. The molecule has 0 bridgehead atoms. The number of benzene rings is 2. The van der Waals surface area contributed by atoms with Crippen molar-refractivity contribution in [3.05, 3.63) is 65.7 Å². The number of carbonyl (C=O) groups is 2. The first kappa shape index (κ1) is 20.9. The zero-order valence-electron chi connectivity index (χ0n) is 17.8. The first-order valence-electron chi connectivity index (χ1n) is 10.7. The molecule has 0 spiro atoms. The summed E-state index contributed by atoms with van der Waals surface area (Å²) < 4.78 is 7.43. The highest BCUT2D eigenvalue weighted by molar-refractivity contribution is 6.00. The van der Waals surface area contributed by atoms with Crippen LogP contribution in [0.15, 0.2) is 49.1 Å². The van der Waals surface area contributed by atoms with Crippen molar-refractivity contribution in [3.8, 4) is 17.0 Å². The van der Waals surface area contributed by atoms with Gasteiger partial charge in [0.1, 0.15) is 5.75 Å². The number of hydrogen-bond acceptors (Lipinski definition) is 3. The molecule has 1 aromatic heterocycles. The van der Waals surface area contributed by atoms with Gasteiger partial charge in [-0.3, -0.25) is 4.79 Å². The van der Waals surface area contributed by atoms with E-state index in [4.69, 9.17) is 4.74 Å². The molecule has 1 saturated carbocycles. The lowest BCUT2D eigenvalue weighted by Crippen LogP contribution is -2.08. The molecule has 2 aromatic carbocycles. The Labute approximate surface area is 182 Å². The van der Waals surface area contributed by atoms with E-state index in [0.29, 0.717) is 23.8 Å². The van der Waals surface area contributed by atoms with E-state index in [0.717, 1.165) is 41.3 Å². The summed E-state index contributed by atoms with van der Waals surface area (Å²) in [7, 11) is 1.58. The topological polar surface area (TPSA) is 68.5 Å². The van der Waals surface area contributed by atoms with Crippen molar-refractivity contribution >= 4 is 23.2 Å². The van der Waals surface area contributed by atoms with Crippen molar-refractivity contribution in [3.63, 3.8) is 0 Å². The average Bonchev–Trinajstić information content (AvgIpc) is 3.12. The van der Waals surface area contributed by atoms with Crippen LogP contribution in [0.25, 0.3) is 22.2 Å². The van der Waals surface area contributed by atoms with Crippen molar-refractivity contribution in [1.82, 2.24) is 4.57 Å². The predicted molar refractivity (Wildman–Crippen MR) is 122 cm³/mol. The maximum absolute atomic E-state index is 12.0. The monoisotopic (exact) mass is 417 g/mol. The van der Waals surface area contributed by atoms with Gasteiger partial charge in [0.05, 0.1) is 18.4 Å². The second-order valence-electron chi connectivity index (χ2n) is 8.10. The number of hydrogen-bond donors (Lipinski definition) is 1. The van der Waals surface area contributed by atoms with E-state index >= 15 is 0 Å². The minimum Gasteiger partial charge on any atom is -0.497 e. The third-order valence-electron chi connectivity index (χ3n) is 6.32. The molecule has 3 aromatic rings. The molecule has 0 amide bonds. The van der Waals surface area contributed by atoms with Gasteiger partial charge in [-0.1, -0.05) is 31.4 Å². The molecule has 0 atom stereocenters. The number of aromatic carboxylic acids is 1. The van der Waals surface area contributed by atoms with Gasteiger partial charge in [0.2, 0.25) is 0 Å². The number of aldehydes is 1. The van der Waals surface area contributed by atoms with Crippen LogP contribution in [0, 0.1) is 0 Å². The molecule has 1 aliphatic carbocycles. The maximum atomic E-state index is 12.0. The van der Waals surface area contributed by atoms with E-state index in [9.17, 15) is 14.7 Å². The molecule has 1 heterocycles. The number of methoxy groups -OCH3 is 1. The molecule has 1 N–H and O–H groups in total. The average molecular weight is 418 g/mol. The molecule has 4 rings (SSSR count). The van der Waals surface area contributed by atoms with Gasteiger partial charge >= 0.3 is 5.97 Å². The predicted octanol–water partition coefficient (Wildman–Crippen LogP) is 6.06. The first-order chi connectivity index (χ1) is 15.1. The third kappa shape index (κ3) is 3.76. The van der Waals surface area contributed by atoms with E-state index in [1.54, 1.807) is 25.3 Å². The van der Waals surface area contributed by atoms with Crippen LogP contribution in [0.5, 0.6) is 5.75 Å². The smallest absolute Gasteiger partial charge is 0.335 e. The lowest BCUT2D eigenvalue weighted by molar-refractivity contribution is 0.0697. The number of carboxylic acids is 1. The fourth-order valence-electron chi connectivity index (χ4n) is 4.90. The van der Waals surface area contributed by atoms with Gasteiger partial charge in [-0.15, -0.1) is 6.58 Å². The summed E-state index contributed by atoms with van der Waals surface area (Å²) in [6.45, 7) is 4.44. The number of fused-ring (bicyclic) bond motifs is 1. The molecular formula is C26H27NO4. The Morgan fingerprint density at radius 1 is 1.19 bits per heavy atom. The minimum absolute atomic E-state index is 0.252. The SMILES string of the molecule is C=CCn1c(-c2ccc(OC)cc2C=O)c(C2CCCCC2)c2ccc(C(=O)O)cc21. The van der Waals surface area contributed by atoms with Crippen molar-refractivity contribution in [2.24, 2.45) is 0 Å². The Kier molecular flexibility index (Phi) is 5.94. The third-order valence-corrected chi connectivity index (χ3v) is 6.32. The fraction of sp³-hybridized carbons (Fsp3) is 0.308. The number of rotatable bonds is 7. The highest BCUT2D eigenvalue weighted by Gasteiger charge is 2.27. The van der Waals surface area contributed by atoms with Gasteiger partial charge in [0.15, 0.2) is 6.29 Å². The fourth-order valence-corrected chi connectivity index (χ4v) is 4.90. The summed E-state index contributed by atoms with van der Waals surface area (Å²) in [6, 6.07) is 10.9. The molecule has 0 saturated heterocycles. The lowest BCUT2D eigenvalue weighted by Gasteiger charge is -2.24. The zero-order valence-corrected chi connectivity index (χ0v) is 17.8. The van der Waals surface area contributed by atoms with E-state index in [1.807, 2.05) is 24.3 Å². The van der Waals surface area contributed by atoms with Crippen LogP contribution in [-0.4, -0.2) is 29.0 Å². The summed E-state index contributed by atoms with van der Waals surface area (Å²) in [4.78, 5) is 23.7. The summed E-state index contributed by atoms with van der Waals surface area (Å²) in [5.74, 6) is 0.0475. The standard InChI is InChI=1S/C26H27NO4/c1-3-13-27-23-15-18(26(29)30)9-11-22(23)24(17-7-5-4-6-8-17)25(27)21-12-10-20(31-2)14-19(21)16-28/h3,9-12,14-17H,1,4-8,13H2,2H3,(H,29,30). The molecule has 0 unspecified atom stereocenters. The van der Waals surface area contributed by atoms with Gasteiger partial charge in [0, 0.05) is 28.6 Å². The summed E-state index contributed by atoms with van der Waals surface area (Å²) in [6.07, 6.45) is 8.44. The number of ether oxygens (including phenoxy) is 1. The van der Waals surface area contributed by atoms with Crippen molar-refractivity contribution in [2.75, 3.05) is 7.11 Å². The summed E-state index contributed by atoms with van der Waals surface area (Å²) in [5, 5.41) is 10.6. The van der Waals surface area contributed by atoms with Gasteiger partial charge in [-0.25, -0.2) is 4.79 Å². The molecule has 5 nitrogen and oxygen atoms in total. The van der Waals surface area contributed by atoms with Gasteiger partial charge in [-0.2, -0.15) is 0 Å². The Balaban J connectivity index is 2.08. The van der Waals surface area contributed by atoms with Crippen LogP contribution >= 0.6 is 0 Å². The summed E-state index contributed by atoms with van der Waals surface area (Å²) >= 11 is 0. The van der Waals surface area contributed by atoms with Crippen LogP contribution in [0.4, 0.5) is 0 Å². The molecule has 1 fully saturated rings. The summed E-state index contributed by atoms with van der Waals surface area (Å²) in [5.41, 5.74) is 4.70. The first-order valence-corrected chi connectivity index (χ1v) is 10.7. The van der Waals surface area contributed by atoms with Crippen LogP contribution in [0.1, 0.15) is 64.3 Å². The Bertz CT molecular complexity index is 1150. The zero-order chi connectivity index (χ0) is 22.0. The van der Waals surface area contributed by atoms with Crippen molar-refractivity contribution in [1.29, 1.82) is 0 Å². The maximum Gasteiger partial charge on any atom is 0.335 e. The quantitative estimate of drug-likeness (QED) is 0.375. The highest BCUT2D eigenvalue weighted by atomic mass is 16.5.